The largest absolute Gasteiger partial charge is 1.00 e. The molecule has 0 aromatic carbocycles. The van der Waals surface area contributed by atoms with Crippen molar-refractivity contribution in [2.75, 3.05) is 0 Å². The fourth-order valence-corrected chi connectivity index (χ4v) is 6.09. The van der Waals surface area contributed by atoms with E-state index in [-0.39, 0.29) is 9.41 Å². The Morgan fingerprint density at radius 3 is 1.92 bits per heavy atom. The summed E-state index contributed by atoms with van der Waals surface area (Å²) in [7, 11) is -0.972. The fourth-order valence-electron chi connectivity index (χ4n) is 1.21. The maximum absolute atomic E-state index is 2.42. The normalized spacial score (nSPS) is 15.8. The third-order valence-corrected chi connectivity index (χ3v) is 5.60. The van der Waals surface area contributed by atoms with Crippen LogP contribution in [0.1, 0.15) is 6.42 Å². The van der Waals surface area contributed by atoms with Gasteiger partial charge in [0.25, 0.3) is 0 Å². The zero-order valence-electron chi connectivity index (χ0n) is 7.62. The minimum Gasteiger partial charge on any atom is -1.00 e. The summed E-state index contributed by atoms with van der Waals surface area (Å²) >= 11 is 1.62. The molecule has 4 heteroatoms. The van der Waals surface area contributed by atoms with Crippen molar-refractivity contribution in [2.45, 2.75) is 26.1 Å². The zero-order valence-corrected chi connectivity index (χ0v) is 11.1. The molecule has 0 bridgehead atoms. The van der Waals surface area contributed by atoms with Crippen molar-refractivity contribution in [1.82, 2.24) is 0 Å². The molecule has 67 valence electrons. The first kappa shape index (κ1) is 14.9. The van der Waals surface area contributed by atoms with E-state index in [2.05, 4.69) is 31.8 Å². The molecule has 0 amide bonds. The van der Waals surface area contributed by atoms with Crippen LogP contribution in [0.3, 0.4) is 0 Å². The van der Waals surface area contributed by atoms with E-state index in [9.17, 15) is 0 Å². The van der Waals surface area contributed by atoms with Gasteiger partial charge in [-0.3, -0.25) is 0 Å². The summed E-state index contributed by atoms with van der Waals surface area (Å²) in [6, 6.07) is 0. The average molecular weight is 266 g/mol. The van der Waals surface area contributed by atoms with Crippen molar-refractivity contribution in [2.24, 2.45) is 0 Å². The monoisotopic (exact) mass is 265 g/mol. The van der Waals surface area contributed by atoms with Crippen molar-refractivity contribution in [3.8, 4) is 0 Å². The van der Waals surface area contributed by atoms with Crippen LogP contribution in [0, 0.1) is 0 Å². The van der Waals surface area contributed by atoms with E-state index in [1.807, 2.05) is 0 Å². The van der Waals surface area contributed by atoms with Crippen LogP contribution in [0.15, 0.2) is 20.6 Å². The SMILES string of the molecule is C[Si](C)(C)C1=[C]([Zr+2])CC=C1.[F-].[F-]. The third-order valence-electron chi connectivity index (χ3n) is 1.74. The van der Waals surface area contributed by atoms with Gasteiger partial charge >= 0.3 is 79.5 Å². The predicted molar refractivity (Wildman–Crippen MR) is 44.1 cm³/mol. The van der Waals surface area contributed by atoms with E-state index in [1.165, 1.54) is 6.42 Å². The van der Waals surface area contributed by atoms with Crippen molar-refractivity contribution in [3.63, 3.8) is 0 Å². The van der Waals surface area contributed by atoms with E-state index in [0.717, 1.165) is 0 Å². The summed E-state index contributed by atoms with van der Waals surface area (Å²) in [6.07, 6.45) is 5.88. The Hall–Kier alpha value is 0.440. The van der Waals surface area contributed by atoms with E-state index in [1.54, 1.807) is 33.2 Å². The Morgan fingerprint density at radius 1 is 1.25 bits per heavy atom. The second-order valence-corrected chi connectivity index (χ2v) is 10.3. The Morgan fingerprint density at radius 2 is 1.75 bits per heavy atom. The van der Waals surface area contributed by atoms with Crippen molar-refractivity contribution in [3.05, 3.63) is 20.6 Å². The first-order valence-electron chi connectivity index (χ1n) is 3.63. The van der Waals surface area contributed by atoms with Gasteiger partial charge in [-0.15, -0.1) is 0 Å². The molecular weight excluding hydrogens is 253 g/mol. The summed E-state index contributed by atoms with van der Waals surface area (Å²) in [5.74, 6) is 0. The molecule has 0 aliphatic heterocycles. The molecule has 0 spiro atoms. The van der Waals surface area contributed by atoms with Gasteiger partial charge in [-0.05, 0) is 0 Å². The van der Waals surface area contributed by atoms with E-state index in [4.69, 9.17) is 0 Å². The van der Waals surface area contributed by atoms with E-state index in [0.29, 0.717) is 0 Å². The number of halogens is 2. The summed E-state index contributed by atoms with van der Waals surface area (Å²) in [5.41, 5.74) is 0. The first-order valence-corrected chi connectivity index (χ1v) is 8.36. The van der Waals surface area contributed by atoms with Crippen molar-refractivity contribution in [1.29, 1.82) is 0 Å². The molecule has 0 heterocycles. The van der Waals surface area contributed by atoms with Gasteiger partial charge in [-0.25, -0.2) is 0 Å². The van der Waals surface area contributed by atoms with E-state index < -0.39 is 8.07 Å². The molecule has 0 aromatic rings. The first-order chi connectivity index (χ1) is 4.52. The Bertz CT molecular complexity index is 204. The number of hydrogen-bond donors (Lipinski definition) is 0. The summed E-state index contributed by atoms with van der Waals surface area (Å²) in [5, 5.41) is 1.70. The van der Waals surface area contributed by atoms with Gasteiger partial charge in [0.2, 0.25) is 0 Å². The second kappa shape index (κ2) is 5.23. The van der Waals surface area contributed by atoms with Crippen LogP contribution in [0.5, 0.6) is 0 Å². The molecule has 0 N–H and O–H groups in total. The molecule has 12 heavy (non-hydrogen) atoms. The molecule has 1 aliphatic rings. The fraction of sp³-hybridized carbons (Fsp3) is 0.500. The Balaban J connectivity index is 0. The summed E-state index contributed by atoms with van der Waals surface area (Å²) in [6.45, 7) is 7.26. The molecule has 0 nitrogen and oxygen atoms in total. The molecule has 0 aromatic heterocycles. The quantitative estimate of drug-likeness (QED) is 0.435. The minimum atomic E-state index is -0.972. The van der Waals surface area contributed by atoms with Crippen LogP contribution >= 0.6 is 0 Å². The van der Waals surface area contributed by atoms with Crippen LogP contribution in [0.2, 0.25) is 19.6 Å². The van der Waals surface area contributed by atoms with Crippen LogP contribution in [-0.2, 0) is 24.7 Å². The molecule has 0 saturated heterocycles. The number of allylic oxidation sites excluding steroid dienone is 4. The van der Waals surface area contributed by atoms with E-state index >= 15 is 0 Å². The Labute approximate surface area is 88.7 Å². The summed E-state index contributed by atoms with van der Waals surface area (Å²) in [4.78, 5) is 0. The van der Waals surface area contributed by atoms with Gasteiger partial charge in [0.05, 0.1) is 0 Å². The number of hydrogen-bond acceptors (Lipinski definition) is 0. The minimum absolute atomic E-state index is 0. The molecule has 1 rings (SSSR count). The van der Waals surface area contributed by atoms with Gasteiger partial charge in [-0.2, -0.15) is 0 Å². The summed E-state index contributed by atoms with van der Waals surface area (Å²) < 4.78 is 1.69. The topological polar surface area (TPSA) is 0 Å². The van der Waals surface area contributed by atoms with Crippen LogP contribution in [0.4, 0.5) is 0 Å². The third kappa shape index (κ3) is 3.44. The van der Waals surface area contributed by atoms with Gasteiger partial charge in [0, 0.05) is 0 Å². The molecule has 1 aliphatic carbocycles. The van der Waals surface area contributed by atoms with Crippen molar-refractivity contribution < 1.29 is 34.1 Å². The molecule has 0 radical (unpaired) electrons. The van der Waals surface area contributed by atoms with Gasteiger partial charge in [0.1, 0.15) is 0 Å². The maximum Gasteiger partial charge on any atom is -1.00 e. The van der Waals surface area contributed by atoms with Crippen LogP contribution in [0.25, 0.3) is 0 Å². The van der Waals surface area contributed by atoms with Crippen LogP contribution < -0.4 is 9.41 Å². The smallest absolute Gasteiger partial charge is 1.00 e. The van der Waals surface area contributed by atoms with Gasteiger partial charge < -0.3 is 9.41 Å². The maximum atomic E-state index is 2.42. The predicted octanol–water partition coefficient (Wildman–Crippen LogP) is -3.37. The van der Waals surface area contributed by atoms with Gasteiger partial charge in [-0.1, -0.05) is 0 Å². The van der Waals surface area contributed by atoms with Crippen molar-refractivity contribution >= 4 is 8.07 Å². The number of rotatable bonds is 1. The average Bonchev–Trinajstić information content (AvgIpc) is 2.11. The molecular formula is C8H13F2SiZr. The molecule has 0 saturated carbocycles. The Kier molecular flexibility index (Phi) is 6.51. The molecule has 0 atom stereocenters. The molecule has 0 fully saturated rings. The second-order valence-electron chi connectivity index (χ2n) is 3.75. The van der Waals surface area contributed by atoms with Crippen LogP contribution in [-0.4, -0.2) is 8.07 Å². The zero-order chi connectivity index (χ0) is 7.78. The molecule has 0 unspecified atom stereocenters. The van der Waals surface area contributed by atoms with Gasteiger partial charge in [0.15, 0.2) is 0 Å². The standard InChI is InChI=1S/C8H13Si.2FH.Zr/c1-9(2,3)8-6-4-5-7-8;;;/h4,6H,5H2,1-3H3;2*1H;/q;;;+2/p-2.